The predicted molar refractivity (Wildman–Crippen MR) is 78.4 cm³/mol. The molecular weight excluding hydrogens is 348 g/mol. The Labute approximate surface area is 141 Å². The molecule has 1 heterocycles. The smallest absolute Gasteiger partial charge is 0.142 e. The largest absolute Gasteiger partial charge is 1.00 e. The number of pyridine rings is 1. The Hall–Kier alpha value is -1.92. The second-order valence-corrected chi connectivity index (χ2v) is 5.57. The van der Waals surface area contributed by atoms with Gasteiger partial charge in [0.25, 0.3) is 0 Å². The van der Waals surface area contributed by atoms with Crippen LogP contribution in [0.1, 0.15) is 16.1 Å². The zero-order chi connectivity index (χ0) is 15.9. The van der Waals surface area contributed by atoms with Gasteiger partial charge in [0, 0.05) is 6.20 Å². The first-order chi connectivity index (χ1) is 9.79. The summed E-state index contributed by atoms with van der Waals surface area (Å²) in [6.45, 7) is 0.743. The predicted octanol–water partition coefficient (Wildman–Crippen LogP) is -1.95. The zero-order valence-electron chi connectivity index (χ0n) is 12.9. The standard InChI is InChI=1S/C9H14N2O.C7H6O2.BrH/c1-11(2,3)7-8-9(12)5-4-6-10-8;8-7(9)6-4-2-1-3-5-6;/h4-6H,7H2,1-3H3;1-5H,(H,8,9);1H/p-1. The lowest BCUT2D eigenvalue weighted by atomic mass is 10.2. The SMILES string of the molecule is C[N+](C)(C)Cc1ncccc1O.O=C([O-])c1ccccc1.[Br-]. The van der Waals surface area contributed by atoms with Crippen LogP contribution in [0, 0.1) is 0 Å². The third kappa shape index (κ3) is 7.75. The van der Waals surface area contributed by atoms with Crippen LogP contribution in [-0.4, -0.2) is 41.7 Å². The minimum Gasteiger partial charge on any atom is -1.00 e. The summed E-state index contributed by atoms with van der Waals surface area (Å²) in [4.78, 5) is 14.2. The number of aromatic hydroxyl groups is 1. The van der Waals surface area contributed by atoms with Crippen molar-refractivity contribution >= 4 is 5.97 Å². The molecule has 1 aromatic heterocycles. The molecule has 0 radical (unpaired) electrons. The fourth-order valence-corrected chi connectivity index (χ4v) is 1.57. The number of rotatable bonds is 3. The van der Waals surface area contributed by atoms with E-state index in [-0.39, 0.29) is 28.3 Å². The van der Waals surface area contributed by atoms with Gasteiger partial charge in [-0.25, -0.2) is 0 Å². The first-order valence-electron chi connectivity index (χ1n) is 6.49. The van der Waals surface area contributed by atoms with Crippen LogP contribution in [0.3, 0.4) is 0 Å². The highest BCUT2D eigenvalue weighted by atomic mass is 79.9. The van der Waals surface area contributed by atoms with Crippen molar-refractivity contribution in [2.24, 2.45) is 0 Å². The number of benzene rings is 1. The van der Waals surface area contributed by atoms with E-state index < -0.39 is 5.97 Å². The van der Waals surface area contributed by atoms with Gasteiger partial charge < -0.3 is 36.5 Å². The molecule has 2 aromatic rings. The van der Waals surface area contributed by atoms with Gasteiger partial charge in [-0.15, -0.1) is 0 Å². The number of carbonyl (C=O) groups is 1. The summed E-state index contributed by atoms with van der Waals surface area (Å²) in [5.74, 6) is -0.846. The lowest BCUT2D eigenvalue weighted by Crippen LogP contribution is -3.00. The molecule has 0 aliphatic carbocycles. The average molecular weight is 368 g/mol. The Balaban J connectivity index is 0.000000397. The molecule has 0 spiro atoms. The lowest BCUT2D eigenvalue weighted by Gasteiger charge is -2.23. The molecule has 6 heteroatoms. The first kappa shape index (κ1) is 20.1. The second-order valence-electron chi connectivity index (χ2n) is 5.57. The maximum Gasteiger partial charge on any atom is 0.142 e. The Morgan fingerprint density at radius 1 is 1.14 bits per heavy atom. The van der Waals surface area contributed by atoms with Crippen molar-refractivity contribution in [3.63, 3.8) is 0 Å². The summed E-state index contributed by atoms with van der Waals surface area (Å²) in [5.41, 5.74) is 0.975. The Bertz CT molecular complexity index is 583. The molecule has 0 atom stereocenters. The molecule has 1 aromatic carbocycles. The first-order valence-corrected chi connectivity index (χ1v) is 6.49. The van der Waals surface area contributed by atoms with Gasteiger partial charge >= 0.3 is 0 Å². The molecular formula is C16H20BrN2O3-. The van der Waals surface area contributed by atoms with E-state index in [0.717, 1.165) is 16.7 Å². The molecule has 0 aliphatic heterocycles. The van der Waals surface area contributed by atoms with E-state index in [1.54, 1.807) is 36.5 Å². The van der Waals surface area contributed by atoms with Gasteiger partial charge in [-0.2, -0.15) is 0 Å². The molecule has 0 fully saturated rings. The minimum absolute atomic E-state index is 0. The number of carbonyl (C=O) groups excluding carboxylic acids is 1. The van der Waals surface area contributed by atoms with Gasteiger partial charge in [0.2, 0.25) is 0 Å². The Morgan fingerprint density at radius 3 is 2.14 bits per heavy atom. The third-order valence-corrected chi connectivity index (χ3v) is 2.50. The normalized spacial score (nSPS) is 9.95. The summed E-state index contributed by atoms with van der Waals surface area (Å²) in [7, 11) is 6.19. The highest BCUT2D eigenvalue weighted by molar-refractivity contribution is 5.85. The van der Waals surface area contributed by atoms with Crippen molar-refractivity contribution in [3.05, 3.63) is 59.9 Å². The highest BCUT2D eigenvalue weighted by Gasteiger charge is 2.12. The molecule has 120 valence electrons. The van der Waals surface area contributed by atoms with Gasteiger partial charge in [-0.3, -0.25) is 4.98 Å². The molecule has 0 saturated carbocycles. The molecule has 0 bridgehead atoms. The Morgan fingerprint density at radius 2 is 1.73 bits per heavy atom. The number of aromatic carboxylic acids is 1. The molecule has 0 unspecified atom stereocenters. The van der Waals surface area contributed by atoms with Crippen LogP contribution in [0.15, 0.2) is 48.7 Å². The van der Waals surface area contributed by atoms with Crippen LogP contribution in [0.25, 0.3) is 0 Å². The maximum absolute atomic E-state index is 10.1. The van der Waals surface area contributed by atoms with Crippen LogP contribution in [-0.2, 0) is 6.54 Å². The summed E-state index contributed by atoms with van der Waals surface area (Å²) in [5, 5.41) is 19.5. The molecule has 22 heavy (non-hydrogen) atoms. The number of quaternary nitrogens is 1. The monoisotopic (exact) mass is 367 g/mol. The van der Waals surface area contributed by atoms with Gasteiger partial charge in [-0.1, -0.05) is 30.3 Å². The number of carboxylic acid groups (broad SMARTS) is 1. The number of hydrogen-bond acceptors (Lipinski definition) is 4. The van der Waals surface area contributed by atoms with Crippen LogP contribution in [0.2, 0.25) is 0 Å². The molecule has 1 N–H and O–H groups in total. The maximum atomic E-state index is 10.1. The summed E-state index contributed by atoms with van der Waals surface area (Å²) >= 11 is 0. The van der Waals surface area contributed by atoms with Crippen LogP contribution >= 0.6 is 0 Å². The van der Waals surface area contributed by atoms with E-state index in [1.165, 1.54) is 12.1 Å². The molecule has 2 rings (SSSR count). The fraction of sp³-hybridized carbons (Fsp3) is 0.250. The number of nitrogens with zero attached hydrogens (tertiary/aromatic N) is 2. The van der Waals surface area contributed by atoms with Gasteiger partial charge in [0.15, 0.2) is 0 Å². The quantitative estimate of drug-likeness (QED) is 0.640. The van der Waals surface area contributed by atoms with E-state index in [4.69, 9.17) is 0 Å². The van der Waals surface area contributed by atoms with Crippen molar-refractivity contribution < 1.29 is 36.5 Å². The Kier molecular flexibility index (Phi) is 8.37. The summed E-state index contributed by atoms with van der Waals surface area (Å²) in [6, 6.07) is 11.5. The summed E-state index contributed by atoms with van der Waals surface area (Å²) < 4.78 is 0.768. The van der Waals surface area contributed by atoms with Crippen LogP contribution in [0.5, 0.6) is 5.75 Å². The van der Waals surface area contributed by atoms with Crippen molar-refractivity contribution in [1.82, 2.24) is 4.98 Å². The van der Waals surface area contributed by atoms with E-state index in [9.17, 15) is 15.0 Å². The van der Waals surface area contributed by atoms with E-state index >= 15 is 0 Å². The highest BCUT2D eigenvalue weighted by Crippen LogP contribution is 2.15. The van der Waals surface area contributed by atoms with Gasteiger partial charge in [0.05, 0.1) is 27.1 Å². The molecule has 5 nitrogen and oxygen atoms in total. The number of aromatic nitrogens is 1. The van der Waals surface area contributed by atoms with E-state index in [2.05, 4.69) is 26.1 Å². The zero-order valence-corrected chi connectivity index (χ0v) is 14.4. The molecule has 0 aliphatic rings. The second kappa shape index (κ2) is 9.17. The van der Waals surface area contributed by atoms with Crippen molar-refractivity contribution in [2.75, 3.05) is 21.1 Å². The average Bonchev–Trinajstić information content (AvgIpc) is 2.42. The topological polar surface area (TPSA) is 73.2 Å². The minimum atomic E-state index is -1.13. The molecule has 0 amide bonds. The van der Waals surface area contributed by atoms with Crippen LogP contribution < -0.4 is 22.1 Å². The lowest BCUT2D eigenvalue weighted by molar-refractivity contribution is -0.884. The van der Waals surface area contributed by atoms with Crippen molar-refractivity contribution in [3.8, 4) is 5.75 Å². The van der Waals surface area contributed by atoms with Crippen molar-refractivity contribution in [1.29, 1.82) is 0 Å². The number of halogens is 1. The summed E-state index contributed by atoms with van der Waals surface area (Å²) in [6.07, 6.45) is 1.70. The van der Waals surface area contributed by atoms with Crippen LogP contribution in [0.4, 0.5) is 0 Å². The fourth-order valence-electron chi connectivity index (χ4n) is 1.57. The van der Waals surface area contributed by atoms with Gasteiger partial charge in [-0.05, 0) is 17.7 Å². The van der Waals surface area contributed by atoms with Gasteiger partial charge in [0.1, 0.15) is 18.0 Å². The number of carboxylic acids is 1. The number of hydrogen-bond donors (Lipinski definition) is 1. The van der Waals surface area contributed by atoms with E-state index in [0.29, 0.717) is 0 Å². The third-order valence-electron chi connectivity index (χ3n) is 2.50. The van der Waals surface area contributed by atoms with E-state index in [1.807, 2.05) is 0 Å². The van der Waals surface area contributed by atoms with Crippen molar-refractivity contribution in [2.45, 2.75) is 6.54 Å². The molecule has 0 saturated heterocycles.